The first-order chi connectivity index (χ1) is 12.7. The van der Waals surface area contributed by atoms with Crippen molar-refractivity contribution in [1.82, 2.24) is 10.2 Å². The number of nitrogens with zero attached hydrogens (tertiary/aromatic N) is 1. The molecule has 4 rings (SSSR count). The largest absolute Gasteiger partial charge is 0.378 e. The normalized spacial score (nSPS) is 28.5. The van der Waals surface area contributed by atoms with E-state index in [1.165, 1.54) is 25.7 Å². The second-order valence-corrected chi connectivity index (χ2v) is 7.58. The molecule has 1 aliphatic carbocycles. The van der Waals surface area contributed by atoms with Crippen LogP contribution in [0, 0.1) is 5.92 Å². The van der Waals surface area contributed by atoms with Gasteiger partial charge in [0.2, 0.25) is 5.91 Å². The van der Waals surface area contributed by atoms with Gasteiger partial charge in [-0.15, -0.1) is 0 Å². The number of hydrogen-bond acceptors (Lipinski definition) is 4. The summed E-state index contributed by atoms with van der Waals surface area (Å²) in [6.45, 7) is 2.45. The number of carbonyl (C=O) groups excluding carboxylic acids is 2. The van der Waals surface area contributed by atoms with Crippen molar-refractivity contribution < 1.29 is 14.3 Å². The highest BCUT2D eigenvalue weighted by atomic mass is 16.5. The molecule has 2 N–H and O–H groups in total. The van der Waals surface area contributed by atoms with E-state index in [0.717, 1.165) is 12.1 Å². The molecule has 3 aliphatic rings. The quantitative estimate of drug-likeness (QED) is 0.868. The van der Waals surface area contributed by atoms with Gasteiger partial charge in [-0.2, -0.15) is 0 Å². The Hall–Kier alpha value is -1.92. The molecule has 2 saturated heterocycles. The van der Waals surface area contributed by atoms with Crippen LogP contribution in [-0.4, -0.2) is 55.1 Å². The molecule has 3 fully saturated rings. The molecule has 6 heteroatoms. The van der Waals surface area contributed by atoms with Crippen molar-refractivity contribution in [3.8, 4) is 0 Å². The Morgan fingerprint density at radius 1 is 1.08 bits per heavy atom. The lowest BCUT2D eigenvalue weighted by molar-refractivity contribution is -0.117. The zero-order chi connectivity index (χ0) is 17.9. The van der Waals surface area contributed by atoms with E-state index in [2.05, 4.69) is 10.6 Å². The molecule has 140 valence electrons. The average Bonchev–Trinajstić information content (AvgIpc) is 3.13. The van der Waals surface area contributed by atoms with Gasteiger partial charge in [0.15, 0.2) is 0 Å². The number of carbonyl (C=O) groups is 2. The van der Waals surface area contributed by atoms with Gasteiger partial charge in [-0.1, -0.05) is 12.8 Å². The van der Waals surface area contributed by atoms with Crippen LogP contribution in [0.3, 0.4) is 0 Å². The predicted molar refractivity (Wildman–Crippen MR) is 99.1 cm³/mol. The van der Waals surface area contributed by atoms with Crippen molar-refractivity contribution in [3.63, 3.8) is 0 Å². The van der Waals surface area contributed by atoms with Gasteiger partial charge in [-0.3, -0.25) is 9.59 Å². The number of anilines is 1. The smallest absolute Gasteiger partial charge is 0.254 e. The molecule has 26 heavy (non-hydrogen) atoms. The van der Waals surface area contributed by atoms with Crippen LogP contribution in [0.15, 0.2) is 24.3 Å². The third-order valence-corrected chi connectivity index (χ3v) is 5.88. The maximum absolute atomic E-state index is 12.6. The maximum Gasteiger partial charge on any atom is 0.254 e. The zero-order valence-electron chi connectivity index (χ0n) is 15.1. The summed E-state index contributed by atoms with van der Waals surface area (Å²) in [5.74, 6) is 0.701. The van der Waals surface area contributed by atoms with Crippen LogP contribution in [-0.2, 0) is 9.53 Å². The van der Waals surface area contributed by atoms with E-state index in [0.29, 0.717) is 43.8 Å². The first-order valence-electron chi connectivity index (χ1n) is 9.75. The Balaban J connectivity index is 1.33. The highest BCUT2D eigenvalue weighted by Gasteiger charge is 2.38. The Kier molecular flexibility index (Phi) is 5.22. The Morgan fingerprint density at radius 2 is 1.81 bits per heavy atom. The minimum Gasteiger partial charge on any atom is -0.378 e. The number of rotatable bonds is 3. The fourth-order valence-corrected chi connectivity index (χ4v) is 4.40. The van der Waals surface area contributed by atoms with Crippen molar-refractivity contribution in [3.05, 3.63) is 29.8 Å². The molecule has 6 nitrogen and oxygen atoms in total. The first-order valence-corrected chi connectivity index (χ1v) is 9.75. The summed E-state index contributed by atoms with van der Waals surface area (Å²) >= 11 is 0. The Bertz CT molecular complexity index is 641. The SMILES string of the molecule is O=C(Nc1ccc(C(=O)N2CCOCC2)cc1)C1CC2CCCCC2N1. The molecule has 2 heterocycles. The fraction of sp³-hybridized carbons (Fsp3) is 0.600. The molecule has 2 amide bonds. The molecule has 0 bridgehead atoms. The Labute approximate surface area is 154 Å². The standard InChI is InChI=1S/C20H27N3O3/c24-19(18-13-15-3-1-2-4-17(15)22-18)21-16-7-5-14(6-8-16)20(25)23-9-11-26-12-10-23/h5-8,15,17-18,22H,1-4,9-13H2,(H,21,24). The summed E-state index contributed by atoms with van der Waals surface area (Å²) in [6, 6.07) is 7.61. The molecule has 1 aromatic carbocycles. The molecule has 2 aliphatic heterocycles. The Morgan fingerprint density at radius 3 is 2.54 bits per heavy atom. The van der Waals surface area contributed by atoms with Crippen LogP contribution in [0.1, 0.15) is 42.5 Å². The van der Waals surface area contributed by atoms with Crippen LogP contribution in [0.25, 0.3) is 0 Å². The van der Waals surface area contributed by atoms with Gasteiger partial charge in [0.1, 0.15) is 0 Å². The van der Waals surface area contributed by atoms with E-state index in [4.69, 9.17) is 4.74 Å². The van der Waals surface area contributed by atoms with Crippen LogP contribution < -0.4 is 10.6 Å². The van der Waals surface area contributed by atoms with Crippen molar-refractivity contribution in [2.24, 2.45) is 5.92 Å². The highest BCUT2D eigenvalue weighted by molar-refractivity contribution is 5.97. The highest BCUT2D eigenvalue weighted by Crippen LogP contribution is 2.33. The molecule has 0 radical (unpaired) electrons. The first kappa shape index (κ1) is 17.5. The summed E-state index contributed by atoms with van der Waals surface area (Å²) in [7, 11) is 0. The van der Waals surface area contributed by atoms with Crippen molar-refractivity contribution in [2.45, 2.75) is 44.2 Å². The predicted octanol–water partition coefficient (Wildman–Crippen LogP) is 2.02. The van der Waals surface area contributed by atoms with Crippen molar-refractivity contribution in [2.75, 3.05) is 31.6 Å². The molecular formula is C20H27N3O3. The summed E-state index contributed by atoms with van der Waals surface area (Å²) in [4.78, 5) is 26.8. The number of amides is 2. The van der Waals surface area contributed by atoms with E-state index >= 15 is 0 Å². The zero-order valence-corrected chi connectivity index (χ0v) is 15.1. The molecular weight excluding hydrogens is 330 g/mol. The van der Waals surface area contributed by atoms with E-state index in [9.17, 15) is 9.59 Å². The number of nitrogens with one attached hydrogen (secondary N) is 2. The van der Waals surface area contributed by atoms with Crippen LogP contribution in [0.4, 0.5) is 5.69 Å². The van der Waals surface area contributed by atoms with Gasteiger partial charge >= 0.3 is 0 Å². The third-order valence-electron chi connectivity index (χ3n) is 5.88. The summed E-state index contributed by atoms with van der Waals surface area (Å²) in [6.07, 6.45) is 5.91. The topological polar surface area (TPSA) is 70.7 Å². The van der Waals surface area contributed by atoms with Crippen molar-refractivity contribution in [1.29, 1.82) is 0 Å². The molecule has 1 saturated carbocycles. The number of morpholine rings is 1. The molecule has 3 atom stereocenters. The van der Waals surface area contributed by atoms with E-state index in [1.807, 2.05) is 12.1 Å². The number of benzene rings is 1. The molecule has 3 unspecified atom stereocenters. The van der Waals surface area contributed by atoms with Crippen molar-refractivity contribution >= 4 is 17.5 Å². The molecule has 0 aromatic heterocycles. The number of hydrogen-bond donors (Lipinski definition) is 2. The third kappa shape index (κ3) is 3.76. The minimum atomic E-state index is -0.0993. The summed E-state index contributed by atoms with van der Waals surface area (Å²) in [5, 5.41) is 6.49. The fourth-order valence-electron chi connectivity index (χ4n) is 4.40. The van der Waals surface area contributed by atoms with Gasteiger partial charge in [-0.25, -0.2) is 0 Å². The minimum absolute atomic E-state index is 0.0210. The monoisotopic (exact) mass is 357 g/mol. The molecule has 1 aromatic rings. The summed E-state index contributed by atoms with van der Waals surface area (Å²) in [5.41, 5.74) is 1.39. The number of ether oxygens (including phenoxy) is 1. The van der Waals surface area contributed by atoms with Crippen LogP contribution in [0.5, 0.6) is 0 Å². The molecule has 0 spiro atoms. The maximum atomic E-state index is 12.6. The average molecular weight is 357 g/mol. The van der Waals surface area contributed by atoms with Gasteiger partial charge in [0, 0.05) is 30.4 Å². The lowest BCUT2D eigenvalue weighted by Gasteiger charge is -2.26. The van der Waals surface area contributed by atoms with E-state index in [1.54, 1.807) is 17.0 Å². The van der Waals surface area contributed by atoms with Crippen LogP contribution >= 0.6 is 0 Å². The van der Waals surface area contributed by atoms with Gasteiger partial charge in [0.05, 0.1) is 19.3 Å². The summed E-state index contributed by atoms with van der Waals surface area (Å²) < 4.78 is 5.29. The number of fused-ring (bicyclic) bond motifs is 1. The second kappa shape index (κ2) is 7.76. The van der Waals surface area contributed by atoms with E-state index in [-0.39, 0.29) is 17.9 Å². The van der Waals surface area contributed by atoms with Crippen LogP contribution in [0.2, 0.25) is 0 Å². The lowest BCUT2D eigenvalue weighted by Crippen LogP contribution is -2.40. The van der Waals surface area contributed by atoms with Gasteiger partial charge in [-0.05, 0) is 49.4 Å². The second-order valence-electron chi connectivity index (χ2n) is 7.58. The van der Waals surface area contributed by atoms with Gasteiger partial charge < -0.3 is 20.3 Å². The van der Waals surface area contributed by atoms with E-state index < -0.39 is 0 Å². The van der Waals surface area contributed by atoms with Gasteiger partial charge in [0.25, 0.3) is 5.91 Å². The lowest BCUT2D eigenvalue weighted by atomic mass is 9.85.